The number of carbonyl (C=O) groups is 1. The summed E-state index contributed by atoms with van der Waals surface area (Å²) in [4.78, 5) is 14.3. The topological polar surface area (TPSA) is 57.2 Å². The minimum Gasteiger partial charge on any atom is -0.360 e. The van der Waals surface area contributed by atoms with Crippen molar-refractivity contribution in [1.29, 1.82) is 0 Å². The van der Waals surface area contributed by atoms with Crippen LogP contribution < -0.4 is 5.43 Å². The Balaban J connectivity index is 2.01. The molecule has 0 saturated heterocycles. The summed E-state index contributed by atoms with van der Waals surface area (Å²) in [6, 6.07) is 8.96. The number of benzene rings is 1. The van der Waals surface area contributed by atoms with Crippen LogP contribution in [0.5, 0.6) is 0 Å². The number of nitrogens with one attached hydrogen (secondary N) is 2. The van der Waals surface area contributed by atoms with E-state index in [-0.39, 0.29) is 11.7 Å². The maximum atomic E-state index is 11.3. The standard InChI is InChI=1S/C13H11Cl2N3O/c14-6-13(19)9-5-10(16-7-9)8-17-18-12-4-2-1-3-11(12)15/h1-5,7-8,16,18H,6H2/b17-8-. The minimum atomic E-state index is -0.128. The van der Waals surface area contributed by atoms with Crippen molar-refractivity contribution in [3.63, 3.8) is 0 Å². The molecule has 0 fully saturated rings. The predicted molar refractivity (Wildman–Crippen MR) is 78.5 cm³/mol. The number of carbonyl (C=O) groups excluding carboxylic acids is 1. The van der Waals surface area contributed by atoms with Crippen molar-refractivity contribution in [2.75, 3.05) is 11.3 Å². The Labute approximate surface area is 120 Å². The van der Waals surface area contributed by atoms with Gasteiger partial charge in [0.1, 0.15) is 0 Å². The van der Waals surface area contributed by atoms with Gasteiger partial charge in [0.2, 0.25) is 0 Å². The fraction of sp³-hybridized carbons (Fsp3) is 0.0769. The van der Waals surface area contributed by atoms with E-state index in [1.165, 1.54) is 0 Å². The highest BCUT2D eigenvalue weighted by Gasteiger charge is 2.05. The van der Waals surface area contributed by atoms with Crippen molar-refractivity contribution in [2.24, 2.45) is 5.10 Å². The molecule has 0 aliphatic rings. The number of rotatable bonds is 5. The first kappa shape index (κ1) is 13.6. The number of para-hydroxylation sites is 1. The van der Waals surface area contributed by atoms with Gasteiger partial charge >= 0.3 is 0 Å². The maximum absolute atomic E-state index is 11.3. The van der Waals surface area contributed by atoms with Gasteiger partial charge in [-0.3, -0.25) is 10.2 Å². The van der Waals surface area contributed by atoms with E-state index in [0.29, 0.717) is 22.0 Å². The van der Waals surface area contributed by atoms with Crippen LogP contribution in [0, 0.1) is 0 Å². The number of ketones is 1. The number of aromatic amines is 1. The lowest BCUT2D eigenvalue weighted by Crippen LogP contribution is -1.97. The lowest BCUT2D eigenvalue weighted by Gasteiger charge is -2.01. The van der Waals surface area contributed by atoms with E-state index in [1.54, 1.807) is 24.5 Å². The summed E-state index contributed by atoms with van der Waals surface area (Å²) in [5.41, 5.74) is 4.77. The summed E-state index contributed by atoms with van der Waals surface area (Å²) >= 11 is 11.4. The number of Topliss-reactive ketones (excluding diaryl/α,β-unsaturated/α-hetero) is 1. The van der Waals surface area contributed by atoms with E-state index in [9.17, 15) is 4.79 Å². The highest BCUT2D eigenvalue weighted by atomic mass is 35.5. The van der Waals surface area contributed by atoms with E-state index < -0.39 is 0 Å². The van der Waals surface area contributed by atoms with Crippen molar-refractivity contribution >= 4 is 40.9 Å². The van der Waals surface area contributed by atoms with E-state index in [2.05, 4.69) is 15.5 Å². The van der Waals surface area contributed by atoms with Crippen LogP contribution in [-0.4, -0.2) is 22.9 Å². The van der Waals surface area contributed by atoms with Gasteiger partial charge in [0.15, 0.2) is 5.78 Å². The third-order valence-electron chi connectivity index (χ3n) is 2.41. The Bertz CT molecular complexity index is 607. The SMILES string of the molecule is O=C(CCl)c1c[nH]c(/C=N\Nc2ccccc2Cl)c1. The van der Waals surface area contributed by atoms with Crippen LogP contribution in [0.1, 0.15) is 16.1 Å². The summed E-state index contributed by atoms with van der Waals surface area (Å²) in [6.45, 7) is 0. The summed E-state index contributed by atoms with van der Waals surface area (Å²) in [5, 5.41) is 4.62. The molecule has 2 rings (SSSR count). The van der Waals surface area contributed by atoms with Crippen LogP contribution in [0.4, 0.5) is 5.69 Å². The molecular weight excluding hydrogens is 285 g/mol. The molecule has 0 atom stereocenters. The van der Waals surface area contributed by atoms with Crippen LogP contribution in [-0.2, 0) is 0 Å². The molecule has 1 heterocycles. The van der Waals surface area contributed by atoms with Gasteiger partial charge in [-0.15, -0.1) is 11.6 Å². The number of hydrazone groups is 1. The number of hydrogen-bond acceptors (Lipinski definition) is 3. The van der Waals surface area contributed by atoms with E-state index in [0.717, 1.165) is 0 Å². The largest absolute Gasteiger partial charge is 0.360 e. The summed E-state index contributed by atoms with van der Waals surface area (Å²) in [7, 11) is 0. The fourth-order valence-corrected chi connectivity index (χ4v) is 1.78. The zero-order chi connectivity index (χ0) is 13.7. The smallest absolute Gasteiger partial charge is 0.179 e. The third-order valence-corrected chi connectivity index (χ3v) is 2.98. The van der Waals surface area contributed by atoms with Crippen molar-refractivity contribution in [3.8, 4) is 0 Å². The van der Waals surface area contributed by atoms with Crippen molar-refractivity contribution in [2.45, 2.75) is 0 Å². The molecule has 1 aromatic carbocycles. The number of aromatic nitrogens is 1. The Hall–Kier alpha value is -1.78. The zero-order valence-corrected chi connectivity index (χ0v) is 11.4. The molecule has 2 N–H and O–H groups in total. The molecule has 0 aliphatic carbocycles. The summed E-state index contributed by atoms with van der Waals surface area (Å²) in [6.07, 6.45) is 3.16. The molecule has 0 aliphatic heterocycles. The predicted octanol–water partition coefficient (Wildman–Crippen LogP) is 3.54. The number of hydrogen-bond donors (Lipinski definition) is 2. The first-order chi connectivity index (χ1) is 9.20. The van der Waals surface area contributed by atoms with E-state index in [4.69, 9.17) is 23.2 Å². The monoisotopic (exact) mass is 295 g/mol. The van der Waals surface area contributed by atoms with Crippen molar-refractivity contribution < 1.29 is 4.79 Å². The van der Waals surface area contributed by atoms with Crippen LogP contribution in [0.15, 0.2) is 41.6 Å². The van der Waals surface area contributed by atoms with Crippen molar-refractivity contribution in [1.82, 2.24) is 4.98 Å². The molecule has 0 radical (unpaired) electrons. The van der Waals surface area contributed by atoms with Gasteiger partial charge in [-0.05, 0) is 18.2 Å². The fourth-order valence-electron chi connectivity index (χ4n) is 1.45. The molecule has 0 saturated carbocycles. The molecule has 0 bridgehead atoms. The minimum absolute atomic E-state index is 0.0354. The normalized spacial score (nSPS) is 10.8. The number of nitrogens with zero attached hydrogens (tertiary/aromatic N) is 1. The maximum Gasteiger partial charge on any atom is 0.179 e. The van der Waals surface area contributed by atoms with Gasteiger partial charge in [-0.2, -0.15) is 5.10 Å². The lowest BCUT2D eigenvalue weighted by molar-refractivity contribution is 0.102. The first-order valence-corrected chi connectivity index (χ1v) is 6.43. The lowest BCUT2D eigenvalue weighted by atomic mass is 10.2. The molecule has 98 valence electrons. The number of H-pyrrole nitrogens is 1. The van der Waals surface area contributed by atoms with Gasteiger partial charge in [0.25, 0.3) is 0 Å². The Morgan fingerprint density at radius 3 is 2.95 bits per heavy atom. The third kappa shape index (κ3) is 3.59. The number of alkyl halides is 1. The Kier molecular flexibility index (Phi) is 4.60. The molecule has 1 aromatic heterocycles. The molecule has 19 heavy (non-hydrogen) atoms. The number of halogens is 2. The van der Waals surface area contributed by atoms with Gasteiger partial charge in [0, 0.05) is 11.8 Å². The molecular formula is C13H11Cl2N3O. The van der Waals surface area contributed by atoms with Crippen LogP contribution in [0.25, 0.3) is 0 Å². The highest BCUT2D eigenvalue weighted by molar-refractivity contribution is 6.33. The molecule has 0 spiro atoms. The van der Waals surface area contributed by atoms with Crippen LogP contribution in [0.3, 0.4) is 0 Å². The Morgan fingerprint density at radius 2 is 2.21 bits per heavy atom. The molecule has 0 unspecified atom stereocenters. The van der Waals surface area contributed by atoms with Crippen LogP contribution in [0.2, 0.25) is 5.02 Å². The number of anilines is 1. The highest BCUT2D eigenvalue weighted by Crippen LogP contribution is 2.20. The zero-order valence-electron chi connectivity index (χ0n) is 9.86. The molecule has 4 nitrogen and oxygen atoms in total. The molecule has 2 aromatic rings. The second kappa shape index (κ2) is 6.41. The second-order valence-corrected chi connectivity index (χ2v) is 4.42. The van der Waals surface area contributed by atoms with Crippen molar-refractivity contribution in [3.05, 3.63) is 52.8 Å². The van der Waals surface area contributed by atoms with E-state index in [1.807, 2.05) is 18.2 Å². The van der Waals surface area contributed by atoms with Gasteiger partial charge in [0.05, 0.1) is 28.5 Å². The van der Waals surface area contributed by atoms with Gasteiger partial charge in [-0.25, -0.2) is 0 Å². The quantitative estimate of drug-likeness (QED) is 0.384. The summed E-state index contributed by atoms with van der Waals surface area (Å²) < 4.78 is 0. The van der Waals surface area contributed by atoms with Crippen LogP contribution >= 0.6 is 23.2 Å². The van der Waals surface area contributed by atoms with E-state index >= 15 is 0 Å². The second-order valence-electron chi connectivity index (χ2n) is 3.75. The molecule has 6 heteroatoms. The average molecular weight is 296 g/mol. The summed E-state index contributed by atoms with van der Waals surface area (Å²) in [5.74, 6) is -0.164. The molecule has 0 amide bonds. The van der Waals surface area contributed by atoms with Gasteiger partial charge < -0.3 is 4.98 Å². The van der Waals surface area contributed by atoms with Gasteiger partial charge in [-0.1, -0.05) is 23.7 Å². The first-order valence-electron chi connectivity index (χ1n) is 5.52. The average Bonchev–Trinajstić information content (AvgIpc) is 2.89. The Morgan fingerprint density at radius 1 is 1.42 bits per heavy atom.